The highest BCUT2D eigenvalue weighted by atomic mass is 35.5. The van der Waals surface area contributed by atoms with Crippen LogP contribution in [-0.2, 0) is 32.6 Å². The zero-order valence-electron chi connectivity index (χ0n) is 31.2. The predicted molar refractivity (Wildman–Crippen MR) is 212 cm³/mol. The van der Waals surface area contributed by atoms with E-state index in [2.05, 4.69) is 0 Å². The number of aromatic hydroxyl groups is 2. The Morgan fingerprint density at radius 3 is 2.46 bits per heavy atom. The lowest BCUT2D eigenvalue weighted by Crippen LogP contribution is -2.49. The summed E-state index contributed by atoms with van der Waals surface area (Å²) >= 11 is 7.88. The van der Waals surface area contributed by atoms with Crippen molar-refractivity contribution >= 4 is 62.5 Å². The summed E-state index contributed by atoms with van der Waals surface area (Å²) in [7, 11) is 3.20. The molecule has 6 atom stereocenters. The van der Waals surface area contributed by atoms with E-state index in [1.54, 1.807) is 72.5 Å². The first-order valence-corrected chi connectivity index (χ1v) is 19.8. The normalized spacial score (nSPS) is 25.8. The van der Waals surface area contributed by atoms with E-state index < -0.39 is 46.8 Å². The van der Waals surface area contributed by atoms with Gasteiger partial charge in [0.25, 0.3) is 0 Å². The van der Waals surface area contributed by atoms with Crippen molar-refractivity contribution < 1.29 is 34.1 Å². The SMILES string of the molecule is COc1ccc([C@H]2C3=CC[C@@H]4C(=O)N(CCc5ccc(O)cc5)C(=O)[C@@H]4[C@@H]3C[C@H]3C(=O)N(c4cc(-c5sc6ccc(Cl)cc6c5C)nn4C)C(=O)[C@@]23C)c(O)c1. The molecular weight excluding hydrogens is 752 g/mol. The molecule has 56 heavy (non-hydrogen) atoms. The highest BCUT2D eigenvalue weighted by molar-refractivity contribution is 7.22. The van der Waals surface area contributed by atoms with E-state index in [9.17, 15) is 24.6 Å². The molecule has 2 aliphatic carbocycles. The number of likely N-dealkylation sites (tertiary alicyclic amines) is 1. The van der Waals surface area contributed by atoms with Gasteiger partial charge in [0.05, 0.1) is 35.2 Å². The fraction of sp³-hybridized carbons (Fsp3) is 0.326. The maximum atomic E-state index is 15.1. The van der Waals surface area contributed by atoms with Crippen molar-refractivity contribution in [3.8, 4) is 27.8 Å². The number of phenols is 2. The van der Waals surface area contributed by atoms with Gasteiger partial charge in [-0.2, -0.15) is 5.10 Å². The van der Waals surface area contributed by atoms with Crippen molar-refractivity contribution in [1.29, 1.82) is 0 Å². The van der Waals surface area contributed by atoms with Gasteiger partial charge >= 0.3 is 0 Å². The number of hydrogen-bond acceptors (Lipinski definition) is 9. The Labute approximate surface area is 331 Å². The van der Waals surface area contributed by atoms with Crippen LogP contribution in [0, 0.1) is 36.0 Å². The van der Waals surface area contributed by atoms with Crippen LogP contribution in [0.4, 0.5) is 5.82 Å². The van der Waals surface area contributed by atoms with Crippen LogP contribution >= 0.6 is 22.9 Å². The van der Waals surface area contributed by atoms with Gasteiger partial charge in [-0.15, -0.1) is 11.3 Å². The lowest BCUT2D eigenvalue weighted by atomic mass is 9.51. The van der Waals surface area contributed by atoms with Crippen molar-refractivity contribution in [1.82, 2.24) is 14.7 Å². The highest BCUT2D eigenvalue weighted by Gasteiger charge is 2.68. The quantitative estimate of drug-likeness (QED) is 0.131. The summed E-state index contributed by atoms with van der Waals surface area (Å²) in [4.78, 5) is 61.7. The van der Waals surface area contributed by atoms with Crippen LogP contribution in [0.15, 0.2) is 78.4 Å². The molecule has 0 unspecified atom stereocenters. The molecular formula is C43H39ClN4O7S. The fourth-order valence-electron chi connectivity index (χ4n) is 9.88. The van der Waals surface area contributed by atoms with Gasteiger partial charge in [-0.05, 0) is 91.9 Å². The second kappa shape index (κ2) is 13.1. The average Bonchev–Trinajstić information content (AvgIpc) is 3.85. The minimum absolute atomic E-state index is 0.0933. The number of amides is 4. The summed E-state index contributed by atoms with van der Waals surface area (Å²) in [6.07, 6.45) is 2.87. The number of aryl methyl sites for hydroxylation is 2. The number of aromatic nitrogens is 2. The number of benzene rings is 3. The molecule has 2 N–H and O–H groups in total. The average molecular weight is 791 g/mol. The molecule has 2 aromatic heterocycles. The zero-order valence-corrected chi connectivity index (χ0v) is 32.7. The number of hydrogen-bond donors (Lipinski definition) is 2. The second-order valence-electron chi connectivity index (χ2n) is 15.5. The van der Waals surface area contributed by atoms with Crippen LogP contribution in [0.5, 0.6) is 17.2 Å². The van der Waals surface area contributed by atoms with Gasteiger partial charge in [0, 0.05) is 46.9 Å². The van der Waals surface area contributed by atoms with Gasteiger partial charge in [-0.1, -0.05) is 41.4 Å². The third-order valence-electron chi connectivity index (χ3n) is 12.7. The number of fused-ring (bicyclic) bond motifs is 5. The Balaban J connectivity index is 1.11. The molecule has 0 radical (unpaired) electrons. The minimum atomic E-state index is -1.35. The third-order valence-corrected chi connectivity index (χ3v) is 14.2. The van der Waals surface area contributed by atoms with Crippen molar-refractivity contribution in [3.63, 3.8) is 0 Å². The van der Waals surface area contributed by atoms with Crippen LogP contribution in [-0.4, -0.2) is 62.2 Å². The standard InChI is InChI=1S/C43H39ClN4O7S/c1-21-29-17-23(44)7-14-34(29)56-38(21)32-20-35(46(3)45-32)48-40(52)31-19-30-26(37(43(31,2)42(48)54)27-11-10-25(55-4)18-33(27)50)12-13-28-36(30)41(53)47(39(28)51)16-15-22-5-8-24(49)9-6-22/h5-12,14,17-18,20,28,30-31,36-37,49-50H,13,15-16,19H2,1-4H3/t28-,30+,31-,36-,37+,43+/m0/s1. The topological polar surface area (TPSA) is 142 Å². The van der Waals surface area contributed by atoms with Crippen molar-refractivity contribution in [3.05, 3.63) is 100 Å². The van der Waals surface area contributed by atoms with E-state index in [0.29, 0.717) is 40.7 Å². The minimum Gasteiger partial charge on any atom is -0.508 e. The Morgan fingerprint density at radius 1 is 0.964 bits per heavy atom. The molecule has 3 fully saturated rings. The van der Waals surface area contributed by atoms with E-state index >= 15 is 4.79 Å². The molecule has 0 spiro atoms. The van der Waals surface area contributed by atoms with Crippen LogP contribution in [0.2, 0.25) is 5.02 Å². The van der Waals surface area contributed by atoms with E-state index in [1.807, 2.05) is 31.2 Å². The molecule has 286 valence electrons. The molecule has 1 saturated carbocycles. The first-order chi connectivity index (χ1) is 26.8. The summed E-state index contributed by atoms with van der Waals surface area (Å²) in [6.45, 7) is 3.97. The Morgan fingerprint density at radius 2 is 1.73 bits per heavy atom. The van der Waals surface area contributed by atoms with Gasteiger partial charge in [0.2, 0.25) is 23.6 Å². The number of allylic oxidation sites excluding steroid dienone is 2. The number of halogens is 1. The Hall–Kier alpha value is -5.46. The lowest BCUT2D eigenvalue weighted by molar-refractivity contribution is -0.140. The third kappa shape index (κ3) is 5.25. The smallest absolute Gasteiger partial charge is 0.242 e. The van der Waals surface area contributed by atoms with Gasteiger partial charge in [0.15, 0.2) is 0 Å². The first kappa shape index (κ1) is 36.2. The Bertz CT molecular complexity index is 2540. The van der Waals surface area contributed by atoms with Crippen LogP contribution in [0.25, 0.3) is 20.7 Å². The summed E-state index contributed by atoms with van der Waals surface area (Å²) in [5.41, 5.74) is 2.36. The Kier molecular flexibility index (Phi) is 8.44. The maximum Gasteiger partial charge on any atom is 0.242 e. The molecule has 5 aromatic rings. The number of phenolic OH excluding ortho intramolecular Hbond substituents is 2. The fourth-order valence-corrected chi connectivity index (χ4v) is 11.2. The predicted octanol–water partition coefficient (Wildman–Crippen LogP) is 7.16. The molecule has 0 bridgehead atoms. The van der Waals surface area contributed by atoms with Crippen molar-refractivity contribution in [2.75, 3.05) is 18.6 Å². The number of ether oxygens (including phenoxy) is 1. The van der Waals surface area contributed by atoms with Crippen LogP contribution in [0.1, 0.15) is 42.4 Å². The van der Waals surface area contributed by atoms with E-state index in [0.717, 1.165) is 31.7 Å². The lowest BCUT2D eigenvalue weighted by Gasteiger charge is -2.49. The van der Waals surface area contributed by atoms with Gasteiger partial charge in [-0.3, -0.25) is 28.8 Å². The largest absolute Gasteiger partial charge is 0.508 e. The summed E-state index contributed by atoms with van der Waals surface area (Å²) in [5, 5.41) is 27.7. The molecule has 2 saturated heterocycles. The van der Waals surface area contributed by atoms with Crippen LogP contribution in [0.3, 0.4) is 0 Å². The number of imide groups is 2. The molecule has 11 nitrogen and oxygen atoms in total. The van der Waals surface area contributed by atoms with Crippen molar-refractivity contribution in [2.45, 2.75) is 39.0 Å². The van der Waals surface area contributed by atoms with Gasteiger partial charge in [0.1, 0.15) is 28.8 Å². The number of rotatable bonds is 7. The molecule has 13 heteroatoms. The number of carbonyl (C=O) groups is 4. The van der Waals surface area contributed by atoms with Crippen molar-refractivity contribution in [2.24, 2.45) is 36.1 Å². The number of methoxy groups -OCH3 is 1. The molecule has 4 aliphatic rings. The monoisotopic (exact) mass is 790 g/mol. The second-order valence-corrected chi connectivity index (χ2v) is 17.0. The maximum absolute atomic E-state index is 15.1. The zero-order chi connectivity index (χ0) is 39.4. The van der Waals surface area contributed by atoms with E-state index in [-0.39, 0.29) is 36.3 Å². The number of anilines is 1. The first-order valence-electron chi connectivity index (χ1n) is 18.6. The van der Waals surface area contributed by atoms with E-state index in [1.165, 1.54) is 23.0 Å². The number of nitrogens with zero attached hydrogens (tertiary/aromatic N) is 4. The number of thiophene rings is 1. The van der Waals surface area contributed by atoms with Gasteiger partial charge in [-0.25, -0.2) is 4.90 Å². The molecule has 9 rings (SSSR count). The molecule has 3 aromatic carbocycles. The van der Waals surface area contributed by atoms with E-state index in [4.69, 9.17) is 21.4 Å². The summed E-state index contributed by atoms with van der Waals surface area (Å²) < 4.78 is 7.98. The van der Waals surface area contributed by atoms with Crippen LogP contribution < -0.4 is 9.64 Å². The number of carbonyl (C=O) groups excluding carboxylic acids is 4. The molecule has 2 aliphatic heterocycles. The molecule has 4 amide bonds. The van der Waals surface area contributed by atoms with Gasteiger partial charge < -0.3 is 14.9 Å². The molecule has 4 heterocycles. The summed E-state index contributed by atoms with van der Waals surface area (Å²) in [5.74, 6) is -4.09. The summed E-state index contributed by atoms with van der Waals surface area (Å²) in [6, 6.07) is 19.1. The highest BCUT2D eigenvalue weighted by Crippen LogP contribution is 2.64.